The Morgan fingerprint density at radius 2 is 1.85 bits per heavy atom. The van der Waals surface area contributed by atoms with Gasteiger partial charge in [-0.25, -0.2) is 4.79 Å². The number of carbonyl (C=O) groups excluding carboxylic acids is 2. The number of nitrogens with one attached hydrogen (secondary N) is 2. The predicted octanol–water partition coefficient (Wildman–Crippen LogP) is 2.04. The number of halogens is 1. The van der Waals surface area contributed by atoms with Crippen LogP contribution in [0.1, 0.15) is 25.8 Å². The number of amides is 3. The second kappa shape index (κ2) is 7.75. The van der Waals surface area contributed by atoms with Gasteiger partial charge in [0.25, 0.3) is 0 Å². The minimum absolute atomic E-state index is 0.243. The molecular weight excluding hydrogens is 278 g/mol. The molecule has 1 aromatic carbocycles. The van der Waals surface area contributed by atoms with Gasteiger partial charge in [0.2, 0.25) is 5.91 Å². The highest BCUT2D eigenvalue weighted by Gasteiger charge is 2.20. The molecule has 3 amide bonds. The Hall–Kier alpha value is -1.75. The van der Waals surface area contributed by atoms with Gasteiger partial charge >= 0.3 is 6.03 Å². The SMILES string of the molecule is CC(C)C[C@H](NC(N)=O)C(=O)NCc1ccc(Cl)cc1. The van der Waals surface area contributed by atoms with Crippen molar-refractivity contribution in [2.24, 2.45) is 11.7 Å². The van der Waals surface area contributed by atoms with Crippen molar-refractivity contribution >= 4 is 23.5 Å². The van der Waals surface area contributed by atoms with Gasteiger partial charge in [0.05, 0.1) is 0 Å². The van der Waals surface area contributed by atoms with E-state index >= 15 is 0 Å². The standard InChI is InChI=1S/C14H20ClN3O2/c1-9(2)7-12(18-14(16)20)13(19)17-8-10-3-5-11(15)6-4-10/h3-6,9,12H,7-8H2,1-2H3,(H,17,19)(H3,16,18,20)/t12-/m0/s1. The molecule has 0 radical (unpaired) electrons. The molecule has 0 unspecified atom stereocenters. The molecule has 6 heteroatoms. The van der Waals surface area contributed by atoms with Gasteiger partial charge in [-0.15, -0.1) is 0 Å². The van der Waals surface area contributed by atoms with Crippen molar-refractivity contribution in [1.29, 1.82) is 0 Å². The van der Waals surface area contributed by atoms with Crippen molar-refractivity contribution in [3.63, 3.8) is 0 Å². The molecule has 0 aliphatic rings. The molecule has 1 aromatic rings. The number of nitrogens with two attached hydrogens (primary N) is 1. The molecule has 0 aliphatic carbocycles. The minimum atomic E-state index is -0.697. The molecule has 0 bridgehead atoms. The normalized spacial score (nSPS) is 12.0. The Bertz CT molecular complexity index is 460. The van der Waals surface area contributed by atoms with Gasteiger partial charge in [-0.3, -0.25) is 4.79 Å². The molecule has 5 nitrogen and oxygen atoms in total. The van der Waals surface area contributed by atoms with Crippen molar-refractivity contribution in [3.05, 3.63) is 34.9 Å². The smallest absolute Gasteiger partial charge is 0.312 e. The Morgan fingerprint density at radius 1 is 1.25 bits per heavy atom. The van der Waals surface area contributed by atoms with Gasteiger partial charge in [-0.05, 0) is 30.0 Å². The summed E-state index contributed by atoms with van der Waals surface area (Å²) >= 11 is 5.79. The van der Waals surface area contributed by atoms with Crippen LogP contribution in [0.15, 0.2) is 24.3 Å². The highest BCUT2D eigenvalue weighted by atomic mass is 35.5. The third-order valence-corrected chi connectivity index (χ3v) is 2.97. The van der Waals surface area contributed by atoms with Crippen LogP contribution in [0, 0.1) is 5.92 Å². The molecule has 0 spiro atoms. The maximum atomic E-state index is 12.0. The van der Waals surface area contributed by atoms with E-state index in [2.05, 4.69) is 10.6 Å². The van der Waals surface area contributed by atoms with Crippen LogP contribution in [0.5, 0.6) is 0 Å². The molecule has 0 aliphatic heterocycles. The molecule has 0 aromatic heterocycles. The van der Waals surface area contributed by atoms with Crippen LogP contribution in [0.3, 0.4) is 0 Å². The van der Waals surface area contributed by atoms with Crippen molar-refractivity contribution < 1.29 is 9.59 Å². The third-order valence-electron chi connectivity index (χ3n) is 2.72. The Balaban J connectivity index is 2.56. The van der Waals surface area contributed by atoms with E-state index in [1.54, 1.807) is 12.1 Å². The topological polar surface area (TPSA) is 84.2 Å². The fourth-order valence-corrected chi connectivity index (χ4v) is 1.92. The van der Waals surface area contributed by atoms with E-state index < -0.39 is 12.1 Å². The summed E-state index contributed by atoms with van der Waals surface area (Å²) in [6, 6.07) is 5.88. The number of urea groups is 1. The van der Waals surface area contributed by atoms with Crippen molar-refractivity contribution in [2.75, 3.05) is 0 Å². The van der Waals surface area contributed by atoms with Gasteiger partial charge in [0.15, 0.2) is 0 Å². The second-order valence-electron chi connectivity index (χ2n) is 5.03. The average molecular weight is 298 g/mol. The zero-order valence-electron chi connectivity index (χ0n) is 11.7. The molecule has 1 atom stereocenters. The first kappa shape index (κ1) is 16.3. The minimum Gasteiger partial charge on any atom is -0.352 e. The number of primary amides is 1. The molecule has 0 heterocycles. The summed E-state index contributed by atoms with van der Waals surface area (Å²) in [4.78, 5) is 23.0. The number of carbonyl (C=O) groups is 2. The summed E-state index contributed by atoms with van der Waals surface area (Å²) in [5.74, 6) is 0.0283. The Labute approximate surface area is 123 Å². The van der Waals surface area contributed by atoms with Crippen LogP contribution >= 0.6 is 11.6 Å². The maximum Gasteiger partial charge on any atom is 0.312 e. The third kappa shape index (κ3) is 5.93. The molecular formula is C14H20ClN3O2. The number of hydrogen-bond donors (Lipinski definition) is 3. The van der Waals surface area contributed by atoms with Gasteiger partial charge < -0.3 is 16.4 Å². The van der Waals surface area contributed by atoms with E-state index in [-0.39, 0.29) is 11.8 Å². The first-order valence-corrected chi connectivity index (χ1v) is 6.84. The molecule has 0 saturated carbocycles. The lowest BCUT2D eigenvalue weighted by atomic mass is 10.0. The Kier molecular flexibility index (Phi) is 6.31. The van der Waals surface area contributed by atoms with Gasteiger partial charge in [0, 0.05) is 11.6 Å². The molecule has 1 rings (SSSR count). The largest absolute Gasteiger partial charge is 0.352 e. The highest BCUT2D eigenvalue weighted by molar-refractivity contribution is 6.30. The first-order valence-electron chi connectivity index (χ1n) is 6.46. The molecule has 4 N–H and O–H groups in total. The number of rotatable bonds is 6. The van der Waals surface area contributed by atoms with E-state index in [4.69, 9.17) is 17.3 Å². The quantitative estimate of drug-likeness (QED) is 0.750. The monoisotopic (exact) mass is 297 g/mol. The summed E-state index contributed by atoms with van der Waals surface area (Å²) in [7, 11) is 0. The maximum absolute atomic E-state index is 12.0. The van der Waals surface area contributed by atoms with Crippen molar-refractivity contribution in [2.45, 2.75) is 32.9 Å². The molecule has 110 valence electrons. The lowest BCUT2D eigenvalue weighted by Crippen LogP contribution is -2.48. The summed E-state index contributed by atoms with van der Waals surface area (Å²) < 4.78 is 0. The summed E-state index contributed by atoms with van der Waals surface area (Å²) in [6.45, 7) is 4.33. The lowest BCUT2D eigenvalue weighted by molar-refractivity contribution is -0.123. The van der Waals surface area contributed by atoms with Gasteiger partial charge in [0.1, 0.15) is 6.04 Å². The van der Waals surface area contributed by atoms with Crippen molar-refractivity contribution in [3.8, 4) is 0 Å². The van der Waals surface area contributed by atoms with Crippen LogP contribution < -0.4 is 16.4 Å². The zero-order valence-corrected chi connectivity index (χ0v) is 12.4. The summed E-state index contributed by atoms with van der Waals surface area (Å²) in [5.41, 5.74) is 6.02. The van der Waals surface area contributed by atoms with Crippen LogP contribution in [-0.4, -0.2) is 18.0 Å². The van der Waals surface area contributed by atoms with E-state index in [0.29, 0.717) is 18.0 Å². The predicted molar refractivity (Wildman–Crippen MR) is 79.3 cm³/mol. The van der Waals surface area contributed by atoms with Crippen LogP contribution in [0.2, 0.25) is 5.02 Å². The number of benzene rings is 1. The molecule has 0 fully saturated rings. The fraction of sp³-hybridized carbons (Fsp3) is 0.429. The number of hydrogen-bond acceptors (Lipinski definition) is 2. The molecule has 20 heavy (non-hydrogen) atoms. The highest BCUT2D eigenvalue weighted by Crippen LogP contribution is 2.10. The lowest BCUT2D eigenvalue weighted by Gasteiger charge is -2.19. The van der Waals surface area contributed by atoms with Crippen molar-refractivity contribution in [1.82, 2.24) is 10.6 Å². The molecule has 0 saturated heterocycles. The van der Waals surface area contributed by atoms with E-state index in [1.807, 2.05) is 26.0 Å². The first-order chi connectivity index (χ1) is 9.38. The van der Waals surface area contributed by atoms with Gasteiger partial charge in [-0.1, -0.05) is 37.6 Å². The Morgan fingerprint density at radius 3 is 2.35 bits per heavy atom. The van der Waals surface area contributed by atoms with E-state index in [0.717, 1.165) is 5.56 Å². The second-order valence-corrected chi connectivity index (χ2v) is 5.47. The average Bonchev–Trinajstić information content (AvgIpc) is 2.36. The van der Waals surface area contributed by atoms with Crippen LogP contribution in [0.25, 0.3) is 0 Å². The fourth-order valence-electron chi connectivity index (χ4n) is 1.79. The van der Waals surface area contributed by atoms with E-state index in [9.17, 15) is 9.59 Å². The summed E-state index contributed by atoms with van der Waals surface area (Å²) in [6.07, 6.45) is 0.537. The van der Waals surface area contributed by atoms with Gasteiger partial charge in [-0.2, -0.15) is 0 Å². The van der Waals surface area contributed by atoms with E-state index in [1.165, 1.54) is 0 Å². The van der Waals surface area contributed by atoms with Crippen LogP contribution in [0.4, 0.5) is 4.79 Å². The zero-order chi connectivity index (χ0) is 15.1. The van der Waals surface area contributed by atoms with Crippen LogP contribution in [-0.2, 0) is 11.3 Å². The summed E-state index contributed by atoms with van der Waals surface area (Å²) in [5, 5.41) is 5.89.